The van der Waals surface area contributed by atoms with E-state index in [1.165, 1.54) is 11.1 Å². The molecule has 3 aromatic carbocycles. The van der Waals surface area contributed by atoms with Crippen LogP contribution < -0.4 is 10.1 Å². The van der Waals surface area contributed by atoms with Crippen LogP contribution in [0.4, 0.5) is 0 Å². The molecule has 0 aliphatic carbocycles. The molecule has 1 aliphatic rings. The molecule has 1 aliphatic heterocycles. The second-order valence-electron chi connectivity index (χ2n) is 10.6. The minimum absolute atomic E-state index is 0.0399. The van der Waals surface area contributed by atoms with Crippen molar-refractivity contribution in [3.63, 3.8) is 0 Å². The summed E-state index contributed by atoms with van der Waals surface area (Å²) < 4.78 is 5.67. The van der Waals surface area contributed by atoms with E-state index >= 15 is 0 Å². The van der Waals surface area contributed by atoms with Gasteiger partial charge in [0, 0.05) is 12.1 Å². The van der Waals surface area contributed by atoms with Crippen molar-refractivity contribution in [3.8, 4) is 5.75 Å². The number of likely N-dealkylation sites (tertiary alicyclic amines) is 1. The van der Waals surface area contributed by atoms with Crippen LogP contribution in [0.15, 0.2) is 78.9 Å². The van der Waals surface area contributed by atoms with Crippen LogP contribution in [-0.2, 0) is 16.8 Å². The van der Waals surface area contributed by atoms with Crippen LogP contribution >= 0.6 is 0 Å². The largest absolute Gasteiger partial charge is 0.496 e. The van der Waals surface area contributed by atoms with Crippen molar-refractivity contribution in [1.29, 1.82) is 0 Å². The standard InChI is InChI=1S/C31H38N2O2/c1-22(23-12-8-6-9-13-23)30(34)33-27(24-14-10-7-11-15-24)17-19-29(33)32-21-25-20-26(31(2,3)4)16-18-28(25)35-5/h6-16,18,20,22,27,29,32H,17,19,21H2,1-5H3. The summed E-state index contributed by atoms with van der Waals surface area (Å²) in [6, 6.07) is 27.0. The van der Waals surface area contributed by atoms with E-state index in [4.69, 9.17) is 4.74 Å². The molecule has 35 heavy (non-hydrogen) atoms. The molecule has 0 radical (unpaired) electrons. The highest BCUT2D eigenvalue weighted by atomic mass is 16.5. The average molecular weight is 471 g/mol. The third kappa shape index (κ3) is 5.59. The fourth-order valence-corrected chi connectivity index (χ4v) is 5.04. The van der Waals surface area contributed by atoms with Crippen LogP contribution in [0.2, 0.25) is 0 Å². The van der Waals surface area contributed by atoms with Crippen LogP contribution in [0.1, 0.15) is 74.8 Å². The van der Waals surface area contributed by atoms with E-state index in [0.29, 0.717) is 6.54 Å². The Hall–Kier alpha value is -3.11. The Balaban J connectivity index is 1.60. The molecule has 0 saturated carbocycles. The van der Waals surface area contributed by atoms with Gasteiger partial charge in [0.15, 0.2) is 0 Å². The minimum Gasteiger partial charge on any atom is -0.496 e. The second-order valence-corrected chi connectivity index (χ2v) is 10.6. The number of methoxy groups -OCH3 is 1. The Kier molecular flexibility index (Phi) is 7.61. The Morgan fingerprint density at radius 2 is 1.66 bits per heavy atom. The van der Waals surface area contributed by atoms with E-state index in [2.05, 4.69) is 73.5 Å². The highest BCUT2D eigenvalue weighted by Gasteiger charge is 2.39. The van der Waals surface area contributed by atoms with E-state index in [1.807, 2.05) is 43.3 Å². The number of amides is 1. The molecule has 1 N–H and O–H groups in total. The number of hydrogen-bond acceptors (Lipinski definition) is 3. The van der Waals surface area contributed by atoms with Crippen LogP contribution in [0, 0.1) is 0 Å². The maximum atomic E-state index is 13.9. The highest BCUT2D eigenvalue weighted by molar-refractivity contribution is 5.84. The lowest BCUT2D eigenvalue weighted by Gasteiger charge is -2.34. The van der Waals surface area contributed by atoms with Crippen molar-refractivity contribution >= 4 is 5.91 Å². The van der Waals surface area contributed by atoms with Crippen molar-refractivity contribution in [2.75, 3.05) is 7.11 Å². The summed E-state index contributed by atoms with van der Waals surface area (Å²) in [7, 11) is 1.72. The molecule has 0 spiro atoms. The van der Waals surface area contributed by atoms with Crippen LogP contribution in [0.25, 0.3) is 0 Å². The van der Waals surface area contributed by atoms with Crippen LogP contribution in [0.3, 0.4) is 0 Å². The van der Waals surface area contributed by atoms with Gasteiger partial charge in [0.2, 0.25) is 5.91 Å². The molecule has 4 nitrogen and oxygen atoms in total. The van der Waals surface area contributed by atoms with Gasteiger partial charge in [-0.05, 0) is 47.9 Å². The molecule has 1 saturated heterocycles. The lowest BCUT2D eigenvalue weighted by Crippen LogP contribution is -2.46. The zero-order valence-electron chi connectivity index (χ0n) is 21.6. The van der Waals surface area contributed by atoms with Crippen molar-refractivity contribution < 1.29 is 9.53 Å². The van der Waals surface area contributed by atoms with E-state index in [9.17, 15) is 4.79 Å². The number of nitrogens with one attached hydrogen (secondary N) is 1. The molecule has 184 valence electrons. The number of ether oxygens (including phenoxy) is 1. The van der Waals surface area contributed by atoms with E-state index in [1.54, 1.807) is 7.11 Å². The zero-order valence-corrected chi connectivity index (χ0v) is 21.6. The summed E-state index contributed by atoms with van der Waals surface area (Å²) >= 11 is 0. The molecule has 0 bridgehead atoms. The number of benzene rings is 3. The number of rotatable bonds is 7. The maximum absolute atomic E-state index is 13.9. The molecule has 3 aromatic rings. The van der Waals surface area contributed by atoms with Gasteiger partial charge in [0.1, 0.15) is 5.75 Å². The summed E-state index contributed by atoms with van der Waals surface area (Å²) in [6.07, 6.45) is 1.81. The third-order valence-electron chi connectivity index (χ3n) is 7.17. The number of carbonyl (C=O) groups is 1. The van der Waals surface area contributed by atoms with E-state index < -0.39 is 0 Å². The lowest BCUT2D eigenvalue weighted by molar-refractivity contribution is -0.136. The first kappa shape index (κ1) is 25.0. The Bertz CT molecular complexity index is 1120. The Labute approximate surface area is 210 Å². The molecule has 1 fully saturated rings. The van der Waals surface area contributed by atoms with Gasteiger partial charge in [-0.3, -0.25) is 10.1 Å². The van der Waals surface area contributed by atoms with Gasteiger partial charge >= 0.3 is 0 Å². The molecular weight excluding hydrogens is 432 g/mol. The third-order valence-corrected chi connectivity index (χ3v) is 7.17. The molecule has 0 aromatic heterocycles. The quantitative estimate of drug-likeness (QED) is 0.424. The second kappa shape index (κ2) is 10.7. The van der Waals surface area contributed by atoms with Crippen LogP contribution in [0.5, 0.6) is 5.75 Å². The van der Waals surface area contributed by atoms with Gasteiger partial charge in [-0.15, -0.1) is 0 Å². The van der Waals surface area contributed by atoms with E-state index in [-0.39, 0.29) is 29.4 Å². The number of nitrogens with zero attached hydrogens (tertiary/aromatic N) is 1. The van der Waals surface area contributed by atoms with Crippen molar-refractivity contribution in [3.05, 3.63) is 101 Å². The Morgan fingerprint density at radius 1 is 1.00 bits per heavy atom. The van der Waals surface area contributed by atoms with Crippen molar-refractivity contribution in [2.24, 2.45) is 0 Å². The molecule has 1 heterocycles. The molecule has 3 unspecified atom stereocenters. The number of hydrogen-bond donors (Lipinski definition) is 1. The minimum atomic E-state index is -0.205. The first-order valence-electron chi connectivity index (χ1n) is 12.6. The van der Waals surface area contributed by atoms with Gasteiger partial charge < -0.3 is 9.64 Å². The smallest absolute Gasteiger partial charge is 0.231 e. The van der Waals surface area contributed by atoms with Gasteiger partial charge in [-0.25, -0.2) is 0 Å². The van der Waals surface area contributed by atoms with Gasteiger partial charge in [0.05, 0.1) is 25.2 Å². The van der Waals surface area contributed by atoms with Gasteiger partial charge in [0.25, 0.3) is 0 Å². The molecule has 4 rings (SSSR count). The first-order chi connectivity index (χ1) is 16.8. The van der Waals surface area contributed by atoms with Crippen molar-refractivity contribution in [2.45, 2.75) is 70.6 Å². The SMILES string of the molecule is COc1ccc(C(C)(C)C)cc1CNC1CCC(c2ccccc2)N1C(=O)C(C)c1ccccc1. The summed E-state index contributed by atoms with van der Waals surface area (Å²) in [5.41, 5.74) is 4.69. The summed E-state index contributed by atoms with van der Waals surface area (Å²) in [4.78, 5) is 16.0. The predicted molar refractivity (Wildman–Crippen MR) is 142 cm³/mol. The zero-order chi connectivity index (χ0) is 25.0. The first-order valence-corrected chi connectivity index (χ1v) is 12.6. The monoisotopic (exact) mass is 470 g/mol. The summed E-state index contributed by atoms with van der Waals surface area (Å²) in [5, 5.41) is 3.71. The van der Waals surface area contributed by atoms with Gasteiger partial charge in [-0.2, -0.15) is 0 Å². The molecule has 4 heteroatoms. The lowest BCUT2D eigenvalue weighted by atomic mass is 9.86. The highest BCUT2D eigenvalue weighted by Crippen LogP contribution is 2.38. The van der Waals surface area contributed by atoms with Gasteiger partial charge in [-0.1, -0.05) is 93.6 Å². The van der Waals surface area contributed by atoms with Crippen molar-refractivity contribution in [1.82, 2.24) is 10.2 Å². The Morgan fingerprint density at radius 3 is 2.29 bits per heavy atom. The average Bonchev–Trinajstić information content (AvgIpc) is 3.30. The normalized spacial score (nSPS) is 18.9. The molecule has 1 amide bonds. The number of carbonyl (C=O) groups excluding carboxylic acids is 1. The summed E-state index contributed by atoms with van der Waals surface area (Å²) in [5.74, 6) is 0.831. The summed E-state index contributed by atoms with van der Waals surface area (Å²) in [6.45, 7) is 9.32. The fourth-order valence-electron chi connectivity index (χ4n) is 5.04. The molecular formula is C31H38N2O2. The molecule has 3 atom stereocenters. The topological polar surface area (TPSA) is 41.6 Å². The van der Waals surface area contributed by atoms with Crippen LogP contribution in [-0.4, -0.2) is 24.1 Å². The van der Waals surface area contributed by atoms with E-state index in [0.717, 1.165) is 29.7 Å². The fraction of sp³-hybridized carbons (Fsp3) is 0.387. The maximum Gasteiger partial charge on any atom is 0.231 e. The predicted octanol–water partition coefficient (Wildman–Crippen LogP) is 6.58.